The van der Waals surface area contributed by atoms with Gasteiger partial charge in [0.2, 0.25) is 5.91 Å². The van der Waals surface area contributed by atoms with Crippen LogP contribution in [0.25, 0.3) is 11.1 Å². The number of ether oxygens (including phenoxy) is 2. The SMILES string of the molecule is COc1cccc([C@H]2CCN(c3ccc(-c4ccncc4)c(OC)c3)C2=O)c1. The lowest BCUT2D eigenvalue weighted by molar-refractivity contribution is -0.118. The lowest BCUT2D eigenvalue weighted by atomic mass is 9.97. The average Bonchev–Trinajstić information content (AvgIpc) is 3.15. The van der Waals surface area contributed by atoms with Crippen LogP contribution in [0.2, 0.25) is 0 Å². The Labute approximate surface area is 164 Å². The van der Waals surface area contributed by atoms with Gasteiger partial charge in [0, 0.05) is 36.3 Å². The molecule has 0 aliphatic carbocycles. The van der Waals surface area contributed by atoms with Gasteiger partial charge in [0.1, 0.15) is 11.5 Å². The maximum absolute atomic E-state index is 13.1. The van der Waals surface area contributed by atoms with Crippen LogP contribution in [-0.4, -0.2) is 31.7 Å². The number of benzene rings is 2. The molecular formula is C23H22N2O3. The molecule has 3 aromatic rings. The molecule has 5 heteroatoms. The molecule has 0 saturated carbocycles. The Bertz CT molecular complexity index is 988. The second-order valence-electron chi connectivity index (χ2n) is 6.73. The van der Waals surface area contributed by atoms with Crippen molar-refractivity contribution in [3.63, 3.8) is 0 Å². The fourth-order valence-electron chi connectivity index (χ4n) is 3.72. The molecule has 1 fully saturated rings. The van der Waals surface area contributed by atoms with Crippen LogP contribution in [0.4, 0.5) is 5.69 Å². The normalized spacial score (nSPS) is 16.3. The minimum absolute atomic E-state index is 0.104. The van der Waals surface area contributed by atoms with E-state index in [0.29, 0.717) is 6.54 Å². The zero-order chi connectivity index (χ0) is 19.5. The van der Waals surface area contributed by atoms with E-state index in [2.05, 4.69) is 4.98 Å². The highest BCUT2D eigenvalue weighted by Crippen LogP contribution is 2.37. The van der Waals surface area contributed by atoms with Gasteiger partial charge in [-0.1, -0.05) is 12.1 Å². The van der Waals surface area contributed by atoms with E-state index in [0.717, 1.165) is 40.3 Å². The van der Waals surface area contributed by atoms with Gasteiger partial charge in [-0.3, -0.25) is 9.78 Å². The third-order valence-electron chi connectivity index (χ3n) is 5.19. The predicted octanol–water partition coefficient (Wildman–Crippen LogP) is 4.29. The van der Waals surface area contributed by atoms with Gasteiger partial charge in [0.25, 0.3) is 0 Å². The highest BCUT2D eigenvalue weighted by atomic mass is 16.5. The van der Waals surface area contributed by atoms with Crippen LogP contribution in [0.15, 0.2) is 67.0 Å². The summed E-state index contributed by atoms with van der Waals surface area (Å²) in [7, 11) is 3.28. The first-order valence-electron chi connectivity index (χ1n) is 9.25. The van der Waals surface area contributed by atoms with Crippen LogP contribution in [0.3, 0.4) is 0 Å². The van der Waals surface area contributed by atoms with Crippen molar-refractivity contribution in [3.8, 4) is 22.6 Å². The van der Waals surface area contributed by atoms with Crippen LogP contribution >= 0.6 is 0 Å². The zero-order valence-electron chi connectivity index (χ0n) is 16.0. The second kappa shape index (κ2) is 7.72. The second-order valence-corrected chi connectivity index (χ2v) is 6.73. The van der Waals surface area contributed by atoms with Crippen molar-refractivity contribution < 1.29 is 14.3 Å². The lowest BCUT2D eigenvalue weighted by Gasteiger charge is -2.19. The Hall–Kier alpha value is -3.34. The number of hydrogen-bond acceptors (Lipinski definition) is 4. The third kappa shape index (κ3) is 3.31. The molecule has 1 amide bonds. The molecule has 1 aliphatic rings. The van der Waals surface area contributed by atoms with Gasteiger partial charge in [-0.05, 0) is 53.9 Å². The Morgan fingerprint density at radius 1 is 1.00 bits per heavy atom. The summed E-state index contributed by atoms with van der Waals surface area (Å²) in [6, 6.07) is 17.5. The summed E-state index contributed by atoms with van der Waals surface area (Å²) >= 11 is 0. The van der Waals surface area contributed by atoms with Crippen LogP contribution in [-0.2, 0) is 4.79 Å². The number of carbonyl (C=O) groups is 1. The highest BCUT2D eigenvalue weighted by Gasteiger charge is 2.34. The zero-order valence-corrected chi connectivity index (χ0v) is 16.0. The van der Waals surface area contributed by atoms with Crippen LogP contribution in [0.1, 0.15) is 17.9 Å². The maximum Gasteiger partial charge on any atom is 0.234 e. The van der Waals surface area contributed by atoms with E-state index < -0.39 is 0 Å². The van der Waals surface area contributed by atoms with Crippen molar-refractivity contribution in [2.24, 2.45) is 0 Å². The van der Waals surface area contributed by atoms with E-state index in [9.17, 15) is 4.79 Å². The molecule has 1 aromatic heterocycles. The number of amides is 1. The van der Waals surface area contributed by atoms with E-state index in [1.165, 1.54) is 0 Å². The maximum atomic E-state index is 13.1. The molecular weight excluding hydrogens is 352 g/mol. The largest absolute Gasteiger partial charge is 0.497 e. The average molecular weight is 374 g/mol. The molecule has 2 aromatic carbocycles. The molecule has 0 N–H and O–H groups in total. The summed E-state index contributed by atoms with van der Waals surface area (Å²) in [5, 5.41) is 0. The Morgan fingerprint density at radius 2 is 1.82 bits per heavy atom. The summed E-state index contributed by atoms with van der Waals surface area (Å²) in [5.74, 6) is 1.46. The van der Waals surface area contributed by atoms with Gasteiger partial charge >= 0.3 is 0 Å². The molecule has 1 saturated heterocycles. The topological polar surface area (TPSA) is 51.7 Å². The van der Waals surface area contributed by atoms with E-state index in [4.69, 9.17) is 9.47 Å². The Balaban J connectivity index is 1.62. The first-order valence-corrected chi connectivity index (χ1v) is 9.25. The molecule has 0 bridgehead atoms. The van der Waals surface area contributed by atoms with Crippen molar-refractivity contribution in [2.75, 3.05) is 25.7 Å². The summed E-state index contributed by atoms with van der Waals surface area (Å²) in [4.78, 5) is 19.0. The molecule has 0 spiro atoms. The quantitative estimate of drug-likeness (QED) is 0.669. The number of nitrogens with zero attached hydrogens (tertiary/aromatic N) is 2. The summed E-state index contributed by atoms with van der Waals surface area (Å²) in [6.07, 6.45) is 4.29. The van der Waals surface area contributed by atoms with Crippen LogP contribution in [0, 0.1) is 0 Å². The van der Waals surface area contributed by atoms with Gasteiger partial charge in [0.05, 0.1) is 20.1 Å². The van der Waals surface area contributed by atoms with Crippen molar-refractivity contribution in [2.45, 2.75) is 12.3 Å². The van der Waals surface area contributed by atoms with E-state index >= 15 is 0 Å². The fraction of sp³-hybridized carbons (Fsp3) is 0.217. The van der Waals surface area contributed by atoms with Crippen molar-refractivity contribution >= 4 is 11.6 Å². The molecule has 4 rings (SSSR count). The minimum Gasteiger partial charge on any atom is -0.497 e. The highest BCUT2D eigenvalue weighted by molar-refractivity contribution is 6.00. The summed E-state index contributed by atoms with van der Waals surface area (Å²) < 4.78 is 10.9. The smallest absolute Gasteiger partial charge is 0.234 e. The first kappa shape index (κ1) is 18.0. The number of anilines is 1. The molecule has 2 heterocycles. The predicted molar refractivity (Wildman–Crippen MR) is 109 cm³/mol. The first-order chi connectivity index (χ1) is 13.7. The van der Waals surface area contributed by atoms with Gasteiger partial charge in [-0.25, -0.2) is 0 Å². The van der Waals surface area contributed by atoms with Gasteiger partial charge < -0.3 is 14.4 Å². The number of rotatable bonds is 5. The van der Waals surface area contributed by atoms with Crippen LogP contribution in [0.5, 0.6) is 11.5 Å². The monoisotopic (exact) mass is 374 g/mol. The number of aromatic nitrogens is 1. The minimum atomic E-state index is -0.152. The summed E-state index contributed by atoms with van der Waals surface area (Å²) in [6.45, 7) is 0.679. The van der Waals surface area contributed by atoms with E-state index in [1.54, 1.807) is 26.6 Å². The fourth-order valence-corrected chi connectivity index (χ4v) is 3.72. The van der Waals surface area contributed by atoms with E-state index in [-0.39, 0.29) is 11.8 Å². The summed E-state index contributed by atoms with van der Waals surface area (Å²) in [5.41, 5.74) is 3.85. The standard InChI is InChI=1S/C23H22N2O3/c1-27-19-5-3-4-17(14-19)21-10-13-25(23(21)26)18-6-7-20(22(15-18)28-2)16-8-11-24-12-9-16/h3-9,11-12,14-15,21H,10,13H2,1-2H3/t21-/m1/s1. The number of hydrogen-bond donors (Lipinski definition) is 0. The van der Waals surface area contributed by atoms with Gasteiger partial charge in [-0.2, -0.15) is 0 Å². The molecule has 28 heavy (non-hydrogen) atoms. The molecule has 0 unspecified atom stereocenters. The molecule has 5 nitrogen and oxygen atoms in total. The van der Waals surface area contributed by atoms with Gasteiger partial charge in [-0.15, -0.1) is 0 Å². The number of pyridine rings is 1. The van der Waals surface area contributed by atoms with Gasteiger partial charge in [0.15, 0.2) is 0 Å². The molecule has 0 radical (unpaired) electrons. The number of carbonyl (C=O) groups excluding carboxylic acids is 1. The third-order valence-corrected chi connectivity index (χ3v) is 5.19. The molecule has 1 atom stereocenters. The van der Waals surface area contributed by atoms with E-state index in [1.807, 2.05) is 59.5 Å². The molecule has 142 valence electrons. The Kier molecular flexibility index (Phi) is 4.98. The van der Waals surface area contributed by atoms with Crippen molar-refractivity contribution in [1.82, 2.24) is 4.98 Å². The Morgan fingerprint density at radius 3 is 2.57 bits per heavy atom. The van der Waals surface area contributed by atoms with Crippen LogP contribution < -0.4 is 14.4 Å². The van der Waals surface area contributed by atoms with Crippen molar-refractivity contribution in [3.05, 3.63) is 72.6 Å². The van der Waals surface area contributed by atoms with Crippen molar-refractivity contribution in [1.29, 1.82) is 0 Å². The molecule has 1 aliphatic heterocycles. The number of methoxy groups -OCH3 is 2. The lowest BCUT2D eigenvalue weighted by Crippen LogP contribution is -2.26.